The highest BCUT2D eigenvalue weighted by molar-refractivity contribution is 7.89. The molecule has 0 aliphatic rings. The van der Waals surface area contributed by atoms with Crippen LogP contribution in [0.15, 0.2) is 47.4 Å². The number of nitrogens with one attached hydrogen (secondary N) is 2. The number of benzene rings is 2. The molecular weight excluding hydrogens is 390 g/mol. The molecular formula is C21H27N3O4S. The number of sulfonamides is 1. The van der Waals surface area contributed by atoms with Crippen LogP contribution in [0.2, 0.25) is 0 Å². The molecule has 8 heteroatoms. The van der Waals surface area contributed by atoms with E-state index >= 15 is 0 Å². The van der Waals surface area contributed by atoms with Crippen molar-refractivity contribution in [3.05, 3.63) is 59.2 Å². The molecule has 156 valence electrons. The maximum absolute atomic E-state index is 12.3. The number of hydrogen-bond donors (Lipinski definition) is 2. The van der Waals surface area contributed by atoms with E-state index in [1.165, 1.54) is 24.1 Å². The first-order chi connectivity index (χ1) is 13.6. The number of nitrogens with zero attached hydrogens (tertiary/aromatic N) is 1. The van der Waals surface area contributed by atoms with Crippen molar-refractivity contribution in [1.29, 1.82) is 0 Å². The number of carbonyl (C=O) groups is 2. The Morgan fingerprint density at radius 2 is 1.59 bits per heavy atom. The number of aryl methyl sites for hydroxylation is 3. The van der Waals surface area contributed by atoms with Crippen molar-refractivity contribution in [2.45, 2.75) is 32.1 Å². The Hall–Kier alpha value is -2.71. The van der Waals surface area contributed by atoms with Crippen LogP contribution in [0.5, 0.6) is 0 Å². The molecule has 0 bridgehead atoms. The molecule has 2 aromatic carbocycles. The second-order valence-corrected chi connectivity index (χ2v) is 8.80. The van der Waals surface area contributed by atoms with E-state index in [9.17, 15) is 18.0 Å². The van der Waals surface area contributed by atoms with E-state index in [0.29, 0.717) is 0 Å². The van der Waals surface area contributed by atoms with Gasteiger partial charge in [-0.25, -0.2) is 13.1 Å². The smallest absolute Gasteiger partial charge is 0.243 e. The fourth-order valence-corrected chi connectivity index (χ4v) is 4.08. The lowest BCUT2D eigenvalue weighted by atomic mass is 10.1. The summed E-state index contributed by atoms with van der Waals surface area (Å²) in [5.74, 6) is -0.631. The summed E-state index contributed by atoms with van der Waals surface area (Å²) in [6, 6.07) is 11.9. The predicted molar refractivity (Wildman–Crippen MR) is 113 cm³/mol. The molecule has 7 nitrogen and oxygen atoms in total. The zero-order chi connectivity index (χ0) is 21.6. The van der Waals surface area contributed by atoms with E-state index in [2.05, 4.69) is 10.0 Å². The van der Waals surface area contributed by atoms with Gasteiger partial charge in [-0.1, -0.05) is 35.9 Å². The summed E-state index contributed by atoms with van der Waals surface area (Å²) in [6.07, 6.45) is -0.0432. The summed E-state index contributed by atoms with van der Waals surface area (Å²) in [4.78, 5) is 26.0. The van der Waals surface area contributed by atoms with Gasteiger partial charge in [0.25, 0.3) is 0 Å². The van der Waals surface area contributed by atoms with Crippen molar-refractivity contribution < 1.29 is 18.0 Å². The molecule has 0 heterocycles. The first-order valence-corrected chi connectivity index (χ1v) is 10.7. The third-order valence-electron chi connectivity index (χ3n) is 4.43. The molecule has 0 spiro atoms. The Morgan fingerprint density at radius 3 is 2.17 bits per heavy atom. The van der Waals surface area contributed by atoms with Gasteiger partial charge in [0.05, 0.1) is 11.4 Å². The van der Waals surface area contributed by atoms with Gasteiger partial charge in [0.1, 0.15) is 0 Å². The van der Waals surface area contributed by atoms with Gasteiger partial charge < -0.3 is 10.2 Å². The molecule has 0 aliphatic carbocycles. The molecule has 0 fully saturated rings. The van der Waals surface area contributed by atoms with E-state index in [1.807, 2.05) is 32.9 Å². The zero-order valence-corrected chi connectivity index (χ0v) is 18.0. The lowest BCUT2D eigenvalue weighted by molar-refractivity contribution is -0.133. The second kappa shape index (κ2) is 9.67. The van der Waals surface area contributed by atoms with Crippen LogP contribution in [-0.2, 0) is 19.6 Å². The number of likely N-dealkylation sites (N-methyl/N-ethyl adjacent to an activating group) is 1. The summed E-state index contributed by atoms with van der Waals surface area (Å²) in [5, 5.41) is 2.85. The number of carbonyl (C=O) groups excluding carboxylic acids is 2. The van der Waals surface area contributed by atoms with Gasteiger partial charge in [0, 0.05) is 25.7 Å². The monoisotopic (exact) mass is 417 g/mol. The molecule has 0 atom stereocenters. The van der Waals surface area contributed by atoms with Crippen LogP contribution < -0.4 is 10.0 Å². The fourth-order valence-electron chi connectivity index (χ4n) is 3.03. The third-order valence-corrected chi connectivity index (χ3v) is 5.91. The van der Waals surface area contributed by atoms with E-state index in [-0.39, 0.29) is 36.2 Å². The third kappa shape index (κ3) is 6.40. The van der Waals surface area contributed by atoms with Gasteiger partial charge >= 0.3 is 0 Å². The Kier molecular flexibility index (Phi) is 7.53. The highest BCUT2D eigenvalue weighted by Crippen LogP contribution is 2.21. The second-order valence-electron chi connectivity index (χ2n) is 7.03. The Balaban J connectivity index is 1.85. The van der Waals surface area contributed by atoms with Gasteiger partial charge in [0.15, 0.2) is 0 Å². The minimum atomic E-state index is -3.66. The standard InChI is InChI=1S/C21H27N3O4S/c1-15-12-16(2)21(17(3)13-15)23-19(25)14-24(4)20(26)10-11-22-29(27,28)18-8-6-5-7-9-18/h5-9,12-13,22H,10-11,14H2,1-4H3,(H,23,25). The van der Waals surface area contributed by atoms with Crippen LogP contribution >= 0.6 is 0 Å². The highest BCUT2D eigenvalue weighted by Gasteiger charge is 2.17. The first-order valence-electron chi connectivity index (χ1n) is 9.26. The quantitative estimate of drug-likeness (QED) is 0.689. The molecule has 0 saturated carbocycles. The van der Waals surface area contributed by atoms with E-state index in [1.54, 1.807) is 18.2 Å². The van der Waals surface area contributed by atoms with Crippen molar-refractivity contribution >= 4 is 27.5 Å². The molecule has 2 amide bonds. The SMILES string of the molecule is Cc1cc(C)c(NC(=O)CN(C)C(=O)CCNS(=O)(=O)c2ccccc2)c(C)c1. The topological polar surface area (TPSA) is 95.6 Å². The van der Waals surface area contributed by atoms with Crippen LogP contribution in [0, 0.1) is 20.8 Å². The van der Waals surface area contributed by atoms with Crippen molar-refractivity contribution in [3.63, 3.8) is 0 Å². The predicted octanol–water partition coefficient (Wildman–Crippen LogP) is 2.38. The lowest BCUT2D eigenvalue weighted by Gasteiger charge is -2.18. The summed E-state index contributed by atoms with van der Waals surface area (Å²) in [7, 11) is -2.14. The molecule has 2 N–H and O–H groups in total. The van der Waals surface area contributed by atoms with Crippen molar-refractivity contribution in [2.75, 3.05) is 25.5 Å². The molecule has 0 radical (unpaired) electrons. The van der Waals surface area contributed by atoms with Crippen molar-refractivity contribution in [2.24, 2.45) is 0 Å². The maximum Gasteiger partial charge on any atom is 0.243 e. The summed E-state index contributed by atoms with van der Waals surface area (Å²) in [6.45, 7) is 5.67. The number of rotatable bonds is 8. The highest BCUT2D eigenvalue weighted by atomic mass is 32.2. The number of anilines is 1. The van der Waals surface area contributed by atoms with Crippen LogP contribution in [0.4, 0.5) is 5.69 Å². The number of hydrogen-bond acceptors (Lipinski definition) is 4. The molecule has 29 heavy (non-hydrogen) atoms. The maximum atomic E-state index is 12.3. The van der Waals surface area contributed by atoms with Crippen molar-refractivity contribution in [3.8, 4) is 0 Å². The van der Waals surface area contributed by atoms with Gasteiger partial charge in [-0.3, -0.25) is 9.59 Å². The zero-order valence-electron chi connectivity index (χ0n) is 17.2. The molecule has 0 saturated heterocycles. The van der Waals surface area contributed by atoms with E-state index < -0.39 is 10.0 Å². The van der Waals surface area contributed by atoms with Gasteiger partial charge in [-0.15, -0.1) is 0 Å². The average Bonchev–Trinajstić information content (AvgIpc) is 2.65. The summed E-state index contributed by atoms with van der Waals surface area (Å²) in [5.41, 5.74) is 3.78. The van der Waals surface area contributed by atoms with Gasteiger partial charge in [-0.05, 0) is 44.0 Å². The van der Waals surface area contributed by atoms with E-state index in [0.717, 1.165) is 22.4 Å². The van der Waals surface area contributed by atoms with Gasteiger partial charge in [0.2, 0.25) is 21.8 Å². The minimum absolute atomic E-state index is 0.0432. The molecule has 2 aromatic rings. The van der Waals surface area contributed by atoms with Gasteiger partial charge in [-0.2, -0.15) is 0 Å². The fraction of sp³-hybridized carbons (Fsp3) is 0.333. The molecule has 0 unspecified atom stereocenters. The van der Waals surface area contributed by atoms with Crippen molar-refractivity contribution in [1.82, 2.24) is 9.62 Å². The Morgan fingerprint density at radius 1 is 1.00 bits per heavy atom. The lowest BCUT2D eigenvalue weighted by Crippen LogP contribution is -2.37. The Labute approximate surface area is 172 Å². The molecule has 2 rings (SSSR count). The first kappa shape index (κ1) is 22.6. The van der Waals surface area contributed by atoms with Crippen LogP contribution in [0.25, 0.3) is 0 Å². The minimum Gasteiger partial charge on any atom is -0.336 e. The average molecular weight is 418 g/mol. The van der Waals surface area contributed by atoms with Crippen LogP contribution in [0.1, 0.15) is 23.1 Å². The van der Waals surface area contributed by atoms with Crippen LogP contribution in [0.3, 0.4) is 0 Å². The largest absolute Gasteiger partial charge is 0.336 e. The summed E-state index contributed by atoms with van der Waals surface area (Å²) >= 11 is 0. The molecule has 0 aliphatic heterocycles. The summed E-state index contributed by atoms with van der Waals surface area (Å²) < 4.78 is 26.7. The molecule has 0 aromatic heterocycles. The Bertz CT molecular complexity index is 965. The normalized spacial score (nSPS) is 11.2. The van der Waals surface area contributed by atoms with E-state index in [4.69, 9.17) is 0 Å². The van der Waals surface area contributed by atoms with Crippen LogP contribution in [-0.4, -0.2) is 45.3 Å². The number of amides is 2.